The molecule has 258 valence electrons. The molecule has 1 saturated carbocycles. The lowest BCUT2D eigenvalue weighted by Crippen LogP contribution is -2.41. The number of para-hydroxylation sites is 1. The Kier molecular flexibility index (Phi) is 10.6. The zero-order chi connectivity index (χ0) is 33.9. The maximum atomic E-state index is 15.6. The van der Waals surface area contributed by atoms with Crippen molar-refractivity contribution in [1.82, 2.24) is 14.4 Å². The third-order valence-electron chi connectivity index (χ3n) is 10.6. The summed E-state index contributed by atoms with van der Waals surface area (Å²) in [6.07, 6.45) is 6.75. The second-order valence-corrected chi connectivity index (χ2v) is 13.7. The van der Waals surface area contributed by atoms with E-state index in [-0.39, 0.29) is 60.1 Å². The molecular weight excluding hydrogens is 615 g/mol. The number of aromatic nitrogens is 1. The number of ether oxygens (including phenoxy) is 3. The number of methoxy groups -OCH3 is 2. The number of aldehydes is 1. The lowest BCUT2D eigenvalue weighted by molar-refractivity contribution is -0.133. The number of nitrogens with one attached hydrogen (secondary N) is 1. The first kappa shape index (κ1) is 34.2. The summed E-state index contributed by atoms with van der Waals surface area (Å²) in [6, 6.07) is 10.5. The number of aryl methyl sites for hydroxylation is 2. The SMILES string of the molecule is CO[C@H]1CN([C@H]2C[C@@H](CO[C@H]3CC[C@H](C=O)CC3)N(C(=O)Cc3cc(C)c(NC(=O)c4cn(C)c5ccccc45)cc3F)C2)C[C@H]1OC. The number of fused-ring (bicyclic) bond motifs is 1. The molecule has 4 atom stereocenters. The Labute approximate surface area is 281 Å². The third-order valence-corrected chi connectivity index (χ3v) is 10.6. The van der Waals surface area contributed by atoms with Gasteiger partial charge in [-0.25, -0.2) is 4.39 Å². The van der Waals surface area contributed by atoms with Crippen LogP contribution in [0.3, 0.4) is 0 Å². The van der Waals surface area contributed by atoms with Crippen molar-refractivity contribution in [3.63, 3.8) is 0 Å². The molecule has 1 aliphatic carbocycles. The van der Waals surface area contributed by atoms with Crippen molar-refractivity contribution in [2.24, 2.45) is 13.0 Å². The topological polar surface area (TPSA) is 102 Å². The number of rotatable bonds is 11. The fraction of sp³-hybridized carbons (Fsp3) is 0.541. The maximum Gasteiger partial charge on any atom is 0.257 e. The van der Waals surface area contributed by atoms with Crippen LogP contribution in [0.4, 0.5) is 10.1 Å². The molecule has 2 saturated heterocycles. The van der Waals surface area contributed by atoms with Gasteiger partial charge in [-0.3, -0.25) is 14.5 Å². The van der Waals surface area contributed by atoms with Crippen molar-refractivity contribution in [2.45, 2.75) is 75.8 Å². The number of carbonyl (C=O) groups is 3. The van der Waals surface area contributed by atoms with Crippen LogP contribution >= 0.6 is 0 Å². The monoisotopic (exact) mass is 662 g/mol. The van der Waals surface area contributed by atoms with Crippen LogP contribution < -0.4 is 5.32 Å². The van der Waals surface area contributed by atoms with Gasteiger partial charge < -0.3 is 33.8 Å². The molecule has 10 nitrogen and oxygen atoms in total. The molecular formula is C37H47FN4O6. The highest BCUT2D eigenvalue weighted by atomic mass is 19.1. The minimum absolute atomic E-state index is 0.0425. The zero-order valence-corrected chi connectivity index (χ0v) is 28.3. The minimum Gasteiger partial charge on any atom is -0.377 e. The predicted molar refractivity (Wildman–Crippen MR) is 181 cm³/mol. The number of benzene rings is 2. The van der Waals surface area contributed by atoms with Crippen LogP contribution in [0.2, 0.25) is 0 Å². The number of anilines is 1. The smallest absolute Gasteiger partial charge is 0.257 e. The number of likely N-dealkylation sites (tertiary alicyclic amines) is 2. The molecule has 3 aromatic rings. The fourth-order valence-electron chi connectivity index (χ4n) is 7.77. The number of halogens is 1. The summed E-state index contributed by atoms with van der Waals surface area (Å²) in [4.78, 5) is 42.6. The standard InChI is InChI=1S/C37H47FN4O6/c1-23-13-25(31(38)16-32(23)39-37(45)30-18-40(2)33-8-6-5-7-29(30)33)14-36(44)42-17-26(41-19-34(46-3)35(20-41)47-4)15-27(42)22-48-28-11-9-24(21-43)10-12-28/h5-8,13,16,18,21,24,26-28,34-35H,9-12,14-15,17,19-20,22H2,1-4H3,(H,39,45)/t24-,26-,27-,28-,34-,35+/m0/s1. The first-order chi connectivity index (χ1) is 23.2. The van der Waals surface area contributed by atoms with E-state index in [1.807, 2.05) is 40.8 Å². The van der Waals surface area contributed by atoms with Crippen LogP contribution in [-0.2, 0) is 37.3 Å². The van der Waals surface area contributed by atoms with E-state index in [9.17, 15) is 14.4 Å². The molecule has 2 amide bonds. The van der Waals surface area contributed by atoms with Gasteiger partial charge in [0.15, 0.2) is 0 Å². The molecule has 3 fully saturated rings. The molecule has 0 unspecified atom stereocenters. The van der Waals surface area contributed by atoms with Gasteiger partial charge in [-0.2, -0.15) is 0 Å². The van der Waals surface area contributed by atoms with Crippen molar-refractivity contribution in [1.29, 1.82) is 0 Å². The zero-order valence-electron chi connectivity index (χ0n) is 28.3. The molecule has 48 heavy (non-hydrogen) atoms. The van der Waals surface area contributed by atoms with Gasteiger partial charge in [-0.15, -0.1) is 0 Å². The van der Waals surface area contributed by atoms with Crippen LogP contribution in [0, 0.1) is 18.7 Å². The Bertz CT molecular complexity index is 1620. The molecule has 0 bridgehead atoms. The van der Waals surface area contributed by atoms with E-state index < -0.39 is 5.82 Å². The number of hydrogen-bond donors (Lipinski definition) is 1. The molecule has 2 aromatic carbocycles. The lowest BCUT2D eigenvalue weighted by Gasteiger charge is -2.29. The lowest BCUT2D eigenvalue weighted by atomic mass is 9.88. The molecule has 0 radical (unpaired) electrons. The second kappa shape index (κ2) is 14.9. The van der Waals surface area contributed by atoms with Gasteiger partial charge in [0.1, 0.15) is 12.1 Å². The normalized spacial score (nSPS) is 26.3. The molecule has 1 N–H and O–H groups in total. The predicted octanol–water partition coefficient (Wildman–Crippen LogP) is 4.51. The quantitative estimate of drug-likeness (QED) is 0.302. The van der Waals surface area contributed by atoms with Crippen molar-refractivity contribution in [2.75, 3.05) is 45.8 Å². The van der Waals surface area contributed by atoms with Crippen LogP contribution in [0.1, 0.15) is 53.6 Å². The maximum absolute atomic E-state index is 15.6. The van der Waals surface area contributed by atoms with Crippen molar-refractivity contribution < 1.29 is 33.0 Å². The Hall–Kier alpha value is -3.64. The highest BCUT2D eigenvalue weighted by molar-refractivity contribution is 6.13. The molecule has 2 aliphatic heterocycles. The van der Waals surface area contributed by atoms with Gasteiger partial charge in [-0.1, -0.05) is 24.3 Å². The number of carbonyl (C=O) groups excluding carboxylic acids is 3. The van der Waals surface area contributed by atoms with E-state index in [2.05, 4.69) is 10.2 Å². The summed E-state index contributed by atoms with van der Waals surface area (Å²) in [5.41, 5.74) is 2.77. The number of nitrogens with zero attached hydrogens (tertiary/aromatic N) is 3. The first-order valence-corrected chi connectivity index (χ1v) is 17.0. The number of hydrogen-bond acceptors (Lipinski definition) is 7. The first-order valence-electron chi connectivity index (χ1n) is 17.0. The molecule has 3 heterocycles. The van der Waals surface area contributed by atoms with E-state index in [1.165, 1.54) is 6.07 Å². The average molecular weight is 663 g/mol. The fourth-order valence-corrected chi connectivity index (χ4v) is 7.77. The van der Waals surface area contributed by atoms with Crippen LogP contribution in [0.15, 0.2) is 42.6 Å². The van der Waals surface area contributed by atoms with Gasteiger partial charge in [0.05, 0.1) is 42.9 Å². The van der Waals surface area contributed by atoms with Gasteiger partial charge >= 0.3 is 0 Å². The van der Waals surface area contributed by atoms with E-state index in [4.69, 9.17) is 14.2 Å². The Morgan fingerprint density at radius 3 is 2.42 bits per heavy atom. The molecule has 0 spiro atoms. The van der Waals surface area contributed by atoms with E-state index in [0.29, 0.717) is 43.1 Å². The highest BCUT2D eigenvalue weighted by Crippen LogP contribution is 2.31. The summed E-state index contributed by atoms with van der Waals surface area (Å²) in [7, 11) is 5.27. The summed E-state index contributed by atoms with van der Waals surface area (Å²) in [5, 5.41) is 3.69. The average Bonchev–Trinajstić information content (AvgIpc) is 3.81. The summed E-state index contributed by atoms with van der Waals surface area (Å²) in [6.45, 7) is 4.14. The third kappa shape index (κ3) is 7.19. The molecule has 6 rings (SSSR count). The molecule has 11 heteroatoms. The summed E-state index contributed by atoms with van der Waals surface area (Å²) >= 11 is 0. The Morgan fingerprint density at radius 1 is 1.02 bits per heavy atom. The Balaban J connectivity index is 1.15. The molecule has 1 aromatic heterocycles. The van der Waals surface area contributed by atoms with Crippen LogP contribution in [-0.4, -0.2) is 103 Å². The van der Waals surface area contributed by atoms with Crippen LogP contribution in [0.5, 0.6) is 0 Å². The highest BCUT2D eigenvalue weighted by Gasteiger charge is 2.43. The van der Waals surface area contributed by atoms with E-state index in [1.54, 1.807) is 33.4 Å². The number of amides is 2. The second-order valence-electron chi connectivity index (χ2n) is 13.7. The van der Waals surface area contributed by atoms with Crippen LogP contribution in [0.25, 0.3) is 10.9 Å². The van der Waals surface area contributed by atoms with E-state index in [0.717, 1.165) is 49.3 Å². The van der Waals surface area contributed by atoms with Gasteiger partial charge in [-0.05, 0) is 62.3 Å². The largest absolute Gasteiger partial charge is 0.377 e. The van der Waals surface area contributed by atoms with Crippen molar-refractivity contribution >= 4 is 34.7 Å². The summed E-state index contributed by atoms with van der Waals surface area (Å²) < 4.78 is 35.2. The molecule has 3 aliphatic rings. The van der Waals surface area contributed by atoms with Gasteiger partial charge in [0.25, 0.3) is 5.91 Å². The van der Waals surface area contributed by atoms with Crippen molar-refractivity contribution in [3.8, 4) is 0 Å². The van der Waals surface area contributed by atoms with Crippen molar-refractivity contribution in [3.05, 3.63) is 65.1 Å². The van der Waals surface area contributed by atoms with Gasteiger partial charge in [0, 0.05) is 75.6 Å². The minimum atomic E-state index is -0.539. The van der Waals surface area contributed by atoms with E-state index >= 15 is 4.39 Å². The van der Waals surface area contributed by atoms with Gasteiger partial charge in [0.2, 0.25) is 5.91 Å². The summed E-state index contributed by atoms with van der Waals surface area (Å²) in [5.74, 6) is -0.916. The Morgan fingerprint density at radius 2 is 1.73 bits per heavy atom.